The summed E-state index contributed by atoms with van der Waals surface area (Å²) in [5.41, 5.74) is 1.77. The molecule has 0 saturated carbocycles. The molecule has 0 aliphatic heterocycles. The minimum atomic E-state index is -4.19. The van der Waals surface area contributed by atoms with Gasteiger partial charge in [-0.15, -0.1) is 0 Å². The lowest BCUT2D eigenvalue weighted by Crippen LogP contribution is -2.54. The van der Waals surface area contributed by atoms with Crippen molar-refractivity contribution >= 4 is 66.7 Å². The number of nitrogens with zero attached hydrogens (tertiary/aromatic N) is 2. The number of amides is 2. The number of nitrogens with one attached hydrogen (secondary N) is 1. The molecule has 4 aromatic carbocycles. The molecule has 0 aliphatic carbocycles. The summed E-state index contributed by atoms with van der Waals surface area (Å²) in [4.78, 5) is 29.9. The van der Waals surface area contributed by atoms with Crippen molar-refractivity contribution in [3.63, 3.8) is 0 Å². The smallest absolute Gasteiger partial charge is 0.264 e. The van der Waals surface area contributed by atoms with Gasteiger partial charge in [0.15, 0.2) is 0 Å². The Kier molecular flexibility index (Phi) is 12.1. The number of benzene rings is 4. The molecule has 0 saturated heterocycles. The summed E-state index contributed by atoms with van der Waals surface area (Å²) in [5, 5.41) is 3.67. The van der Waals surface area contributed by atoms with Gasteiger partial charge in [0.1, 0.15) is 12.6 Å². The second kappa shape index (κ2) is 15.8. The van der Waals surface area contributed by atoms with E-state index in [4.69, 9.17) is 23.2 Å². The van der Waals surface area contributed by atoms with Crippen molar-refractivity contribution in [2.24, 2.45) is 0 Å². The summed E-state index contributed by atoms with van der Waals surface area (Å²) < 4.78 is 29.8. The molecule has 4 rings (SSSR count). The van der Waals surface area contributed by atoms with E-state index in [1.807, 2.05) is 44.2 Å². The van der Waals surface area contributed by atoms with Crippen molar-refractivity contribution in [1.29, 1.82) is 0 Å². The van der Waals surface area contributed by atoms with Gasteiger partial charge in [0.05, 0.1) is 20.6 Å². The molecule has 2 amide bonds. The van der Waals surface area contributed by atoms with Crippen LogP contribution >= 0.6 is 39.1 Å². The summed E-state index contributed by atoms with van der Waals surface area (Å²) in [6.07, 6.45) is 0.898. The lowest BCUT2D eigenvalue weighted by atomic mass is 10.0. The Morgan fingerprint density at radius 3 is 2.13 bits per heavy atom. The van der Waals surface area contributed by atoms with E-state index in [2.05, 4.69) is 21.2 Å². The SMILES string of the molecule is CC[C@H](C)NC(=O)[C@H](Cc1ccccc1)N(Cc1ccc(Cl)c(Cl)c1)C(=O)CN(c1cccc(Br)c1)S(=O)(=O)c1ccccc1. The van der Waals surface area contributed by atoms with Crippen molar-refractivity contribution in [1.82, 2.24) is 10.2 Å². The lowest BCUT2D eigenvalue weighted by molar-refractivity contribution is -0.140. The normalized spacial score (nSPS) is 12.6. The van der Waals surface area contributed by atoms with Crippen LogP contribution in [-0.4, -0.2) is 43.8 Å². The second-order valence-electron chi connectivity index (χ2n) is 10.6. The first-order valence-electron chi connectivity index (χ1n) is 14.4. The van der Waals surface area contributed by atoms with Crippen LogP contribution in [0.5, 0.6) is 0 Å². The predicted octanol–water partition coefficient (Wildman–Crippen LogP) is 7.51. The summed E-state index contributed by atoms with van der Waals surface area (Å²) in [5.74, 6) is -0.915. The van der Waals surface area contributed by atoms with Gasteiger partial charge in [-0.3, -0.25) is 13.9 Å². The van der Waals surface area contributed by atoms with Crippen molar-refractivity contribution in [2.45, 2.75) is 50.2 Å². The summed E-state index contributed by atoms with van der Waals surface area (Å²) in [6, 6.07) is 27.9. The molecular formula is C34H34BrCl2N3O4S. The molecule has 0 fully saturated rings. The highest BCUT2D eigenvalue weighted by Crippen LogP contribution is 2.28. The van der Waals surface area contributed by atoms with Gasteiger partial charge in [-0.2, -0.15) is 0 Å². The minimum Gasteiger partial charge on any atom is -0.352 e. The third-order valence-electron chi connectivity index (χ3n) is 7.32. The molecule has 0 spiro atoms. The average molecular weight is 732 g/mol. The Morgan fingerprint density at radius 1 is 0.844 bits per heavy atom. The van der Waals surface area contributed by atoms with Crippen LogP contribution in [0.2, 0.25) is 10.0 Å². The predicted molar refractivity (Wildman–Crippen MR) is 184 cm³/mol. The van der Waals surface area contributed by atoms with E-state index in [1.54, 1.807) is 60.7 Å². The Morgan fingerprint density at radius 2 is 1.51 bits per heavy atom. The molecule has 45 heavy (non-hydrogen) atoms. The Balaban J connectivity index is 1.82. The van der Waals surface area contributed by atoms with Gasteiger partial charge in [0, 0.05) is 23.5 Å². The molecule has 0 bridgehead atoms. The van der Waals surface area contributed by atoms with Crippen LogP contribution in [0.4, 0.5) is 5.69 Å². The first-order chi connectivity index (χ1) is 21.5. The molecule has 0 aromatic heterocycles. The molecule has 0 unspecified atom stereocenters. The van der Waals surface area contributed by atoms with Crippen LogP contribution in [0, 0.1) is 0 Å². The van der Waals surface area contributed by atoms with Crippen LogP contribution in [0.25, 0.3) is 0 Å². The number of sulfonamides is 1. The van der Waals surface area contributed by atoms with Gasteiger partial charge >= 0.3 is 0 Å². The Bertz CT molecular complexity index is 1730. The number of hydrogen-bond donors (Lipinski definition) is 1. The van der Waals surface area contributed by atoms with Gasteiger partial charge in [-0.25, -0.2) is 8.42 Å². The van der Waals surface area contributed by atoms with E-state index >= 15 is 0 Å². The number of rotatable bonds is 13. The fourth-order valence-electron chi connectivity index (χ4n) is 4.71. The third-order valence-corrected chi connectivity index (χ3v) is 10.3. The monoisotopic (exact) mass is 729 g/mol. The van der Waals surface area contributed by atoms with E-state index in [1.165, 1.54) is 17.0 Å². The Labute approximate surface area is 283 Å². The van der Waals surface area contributed by atoms with Gasteiger partial charge in [-0.1, -0.05) is 107 Å². The molecule has 1 N–H and O–H groups in total. The van der Waals surface area contributed by atoms with Crippen molar-refractivity contribution in [2.75, 3.05) is 10.8 Å². The molecule has 236 valence electrons. The fraction of sp³-hybridized carbons (Fsp3) is 0.235. The van der Waals surface area contributed by atoms with Crippen molar-refractivity contribution in [3.05, 3.63) is 129 Å². The molecule has 0 heterocycles. The van der Waals surface area contributed by atoms with Crippen molar-refractivity contribution < 1.29 is 18.0 Å². The highest BCUT2D eigenvalue weighted by molar-refractivity contribution is 9.10. The topological polar surface area (TPSA) is 86.8 Å². The zero-order chi connectivity index (χ0) is 32.6. The number of carbonyl (C=O) groups is 2. The second-order valence-corrected chi connectivity index (χ2v) is 14.2. The Hall–Kier alpha value is -3.37. The fourth-order valence-corrected chi connectivity index (χ4v) is 6.84. The first-order valence-corrected chi connectivity index (χ1v) is 17.4. The standard InChI is InChI=1S/C34H34BrCl2N3O4S/c1-3-24(2)38-34(42)32(20-25-11-6-4-7-12-25)39(22-26-17-18-30(36)31(37)19-26)33(41)23-40(28-14-10-13-27(35)21-28)45(43,44)29-15-8-5-9-16-29/h4-19,21,24,32H,3,20,22-23H2,1-2H3,(H,38,42)/t24-,32-/m0/s1. The highest BCUT2D eigenvalue weighted by Gasteiger charge is 2.35. The largest absolute Gasteiger partial charge is 0.352 e. The van der Waals surface area contributed by atoms with Gasteiger partial charge < -0.3 is 10.2 Å². The average Bonchev–Trinajstić information content (AvgIpc) is 3.03. The minimum absolute atomic E-state index is 0.0150. The number of halogens is 3. The quantitative estimate of drug-likeness (QED) is 0.154. The zero-order valence-corrected chi connectivity index (χ0v) is 28.8. The van der Waals surface area contributed by atoms with Gasteiger partial charge in [-0.05, 0) is 66.9 Å². The van der Waals surface area contributed by atoms with E-state index in [9.17, 15) is 18.0 Å². The van der Waals surface area contributed by atoms with Crippen LogP contribution < -0.4 is 9.62 Å². The van der Waals surface area contributed by atoms with Crippen LogP contribution in [0.1, 0.15) is 31.4 Å². The summed E-state index contributed by atoms with van der Waals surface area (Å²) in [6.45, 7) is 3.28. The molecular weight excluding hydrogens is 697 g/mol. The van der Waals surface area contributed by atoms with Crippen LogP contribution in [0.15, 0.2) is 112 Å². The van der Waals surface area contributed by atoms with E-state index < -0.39 is 28.5 Å². The summed E-state index contributed by atoms with van der Waals surface area (Å²) >= 11 is 15.9. The molecule has 7 nitrogen and oxygen atoms in total. The van der Waals surface area contributed by atoms with Gasteiger partial charge in [0.25, 0.3) is 10.0 Å². The molecule has 0 radical (unpaired) electrons. The van der Waals surface area contributed by atoms with E-state index in [-0.39, 0.29) is 29.8 Å². The maximum absolute atomic E-state index is 14.5. The van der Waals surface area contributed by atoms with Crippen LogP contribution in [-0.2, 0) is 32.6 Å². The highest BCUT2D eigenvalue weighted by atomic mass is 79.9. The van der Waals surface area contributed by atoms with E-state index in [0.717, 1.165) is 9.87 Å². The number of hydrogen-bond acceptors (Lipinski definition) is 4. The van der Waals surface area contributed by atoms with Crippen molar-refractivity contribution in [3.8, 4) is 0 Å². The van der Waals surface area contributed by atoms with Gasteiger partial charge in [0.2, 0.25) is 11.8 Å². The first kappa shape index (κ1) is 34.5. The molecule has 11 heteroatoms. The number of carbonyl (C=O) groups excluding carboxylic acids is 2. The lowest BCUT2D eigenvalue weighted by Gasteiger charge is -2.34. The zero-order valence-electron chi connectivity index (χ0n) is 24.9. The molecule has 0 aliphatic rings. The number of anilines is 1. The van der Waals surface area contributed by atoms with Crippen LogP contribution in [0.3, 0.4) is 0 Å². The summed E-state index contributed by atoms with van der Waals surface area (Å²) in [7, 11) is -4.19. The van der Waals surface area contributed by atoms with E-state index in [0.29, 0.717) is 32.2 Å². The maximum atomic E-state index is 14.5. The molecule has 2 atom stereocenters. The molecule has 4 aromatic rings. The maximum Gasteiger partial charge on any atom is 0.264 e. The third kappa shape index (κ3) is 9.10.